The van der Waals surface area contributed by atoms with E-state index in [9.17, 15) is 8.42 Å². The van der Waals surface area contributed by atoms with Gasteiger partial charge in [-0.05, 0) is 38.0 Å². The second-order valence-corrected chi connectivity index (χ2v) is 7.19. The van der Waals surface area contributed by atoms with Crippen molar-refractivity contribution < 1.29 is 13.2 Å². The summed E-state index contributed by atoms with van der Waals surface area (Å²) in [5.74, 6) is 0. The minimum Gasteiger partial charge on any atom is -0.377 e. The van der Waals surface area contributed by atoms with Gasteiger partial charge in [0.05, 0.1) is 11.0 Å². The first-order valence-electron chi connectivity index (χ1n) is 6.88. The van der Waals surface area contributed by atoms with E-state index in [1.165, 1.54) is 4.31 Å². The molecule has 0 bridgehead atoms. The maximum Gasteiger partial charge on any atom is 0.243 e. The number of benzene rings is 1. The van der Waals surface area contributed by atoms with E-state index in [1.807, 2.05) is 13.8 Å². The fraction of sp³-hybridized carbons (Fsp3) is 0.571. The van der Waals surface area contributed by atoms with E-state index in [1.54, 1.807) is 24.3 Å². The van der Waals surface area contributed by atoms with Gasteiger partial charge in [-0.1, -0.05) is 12.1 Å². The molecular formula is C14H22N2O3S. The van der Waals surface area contributed by atoms with Crippen LogP contribution in [0.3, 0.4) is 0 Å². The molecule has 0 aliphatic carbocycles. The molecule has 1 fully saturated rings. The minimum absolute atomic E-state index is 0.0735. The van der Waals surface area contributed by atoms with Gasteiger partial charge in [0.1, 0.15) is 0 Å². The van der Waals surface area contributed by atoms with E-state index < -0.39 is 10.0 Å². The molecule has 0 aromatic heterocycles. The van der Waals surface area contributed by atoms with Gasteiger partial charge in [-0.15, -0.1) is 0 Å². The molecule has 2 N–H and O–H groups in total. The summed E-state index contributed by atoms with van der Waals surface area (Å²) in [6.07, 6.45) is 0.650. The van der Waals surface area contributed by atoms with Crippen LogP contribution in [0.2, 0.25) is 0 Å². The summed E-state index contributed by atoms with van der Waals surface area (Å²) >= 11 is 0. The predicted molar refractivity (Wildman–Crippen MR) is 77.8 cm³/mol. The zero-order valence-electron chi connectivity index (χ0n) is 12.0. The summed E-state index contributed by atoms with van der Waals surface area (Å²) < 4.78 is 32.2. The SMILES string of the molecule is CC1CN(S(=O)(=O)c2ccc(C(C)N)cc2)CCCO1. The third-order valence-electron chi connectivity index (χ3n) is 3.46. The Morgan fingerprint density at radius 1 is 1.35 bits per heavy atom. The molecule has 1 aliphatic heterocycles. The molecule has 1 saturated heterocycles. The van der Waals surface area contributed by atoms with E-state index in [2.05, 4.69) is 0 Å². The van der Waals surface area contributed by atoms with Crippen molar-refractivity contribution in [1.29, 1.82) is 0 Å². The predicted octanol–water partition coefficient (Wildman–Crippen LogP) is 1.51. The van der Waals surface area contributed by atoms with E-state index in [4.69, 9.17) is 10.5 Å². The van der Waals surface area contributed by atoms with E-state index in [0.717, 1.165) is 12.0 Å². The highest BCUT2D eigenvalue weighted by Crippen LogP contribution is 2.20. The van der Waals surface area contributed by atoms with Crippen LogP contribution in [-0.4, -0.2) is 38.5 Å². The monoisotopic (exact) mass is 298 g/mol. The molecule has 0 amide bonds. The molecule has 2 atom stereocenters. The van der Waals surface area contributed by atoms with Crippen molar-refractivity contribution in [3.8, 4) is 0 Å². The van der Waals surface area contributed by atoms with Gasteiger partial charge < -0.3 is 10.5 Å². The zero-order valence-corrected chi connectivity index (χ0v) is 12.8. The lowest BCUT2D eigenvalue weighted by Crippen LogP contribution is -2.35. The van der Waals surface area contributed by atoms with Crippen molar-refractivity contribution in [3.05, 3.63) is 29.8 Å². The van der Waals surface area contributed by atoms with Crippen molar-refractivity contribution in [2.75, 3.05) is 19.7 Å². The zero-order chi connectivity index (χ0) is 14.8. The average molecular weight is 298 g/mol. The van der Waals surface area contributed by atoms with Gasteiger partial charge in [-0.3, -0.25) is 0 Å². The molecule has 112 valence electrons. The number of rotatable bonds is 3. The van der Waals surface area contributed by atoms with Crippen LogP contribution < -0.4 is 5.73 Å². The highest BCUT2D eigenvalue weighted by molar-refractivity contribution is 7.89. The van der Waals surface area contributed by atoms with Crippen LogP contribution in [0, 0.1) is 0 Å². The smallest absolute Gasteiger partial charge is 0.243 e. The van der Waals surface area contributed by atoms with Gasteiger partial charge >= 0.3 is 0 Å². The second-order valence-electron chi connectivity index (χ2n) is 5.26. The van der Waals surface area contributed by atoms with Crippen molar-refractivity contribution in [2.45, 2.75) is 37.3 Å². The summed E-state index contributed by atoms with van der Waals surface area (Å²) in [6.45, 7) is 5.28. The van der Waals surface area contributed by atoms with E-state index in [-0.39, 0.29) is 12.1 Å². The molecule has 2 unspecified atom stereocenters. The van der Waals surface area contributed by atoms with E-state index >= 15 is 0 Å². The highest BCUT2D eigenvalue weighted by atomic mass is 32.2. The van der Waals surface area contributed by atoms with Crippen LogP contribution in [0.5, 0.6) is 0 Å². The molecule has 2 rings (SSSR count). The first-order valence-corrected chi connectivity index (χ1v) is 8.32. The molecule has 20 heavy (non-hydrogen) atoms. The molecule has 0 saturated carbocycles. The van der Waals surface area contributed by atoms with Gasteiger partial charge in [0.15, 0.2) is 0 Å². The van der Waals surface area contributed by atoms with Crippen molar-refractivity contribution >= 4 is 10.0 Å². The van der Waals surface area contributed by atoms with E-state index in [0.29, 0.717) is 24.6 Å². The van der Waals surface area contributed by atoms with Crippen LogP contribution in [0.1, 0.15) is 31.9 Å². The number of ether oxygens (including phenoxy) is 1. The van der Waals surface area contributed by atoms with Crippen LogP contribution in [0.4, 0.5) is 0 Å². The Bertz CT molecular complexity index is 540. The molecule has 0 radical (unpaired) electrons. The summed E-state index contributed by atoms with van der Waals surface area (Å²) in [6, 6.07) is 6.71. The number of hydrogen-bond acceptors (Lipinski definition) is 4. The van der Waals surface area contributed by atoms with Crippen LogP contribution in [0.15, 0.2) is 29.2 Å². The summed E-state index contributed by atoms with van der Waals surface area (Å²) in [4.78, 5) is 0.316. The Morgan fingerprint density at radius 2 is 2.00 bits per heavy atom. The van der Waals surface area contributed by atoms with Crippen LogP contribution in [-0.2, 0) is 14.8 Å². The standard InChI is InChI=1S/C14H22N2O3S/c1-11-10-16(8-3-9-19-11)20(17,18)14-6-4-13(5-7-14)12(2)15/h4-7,11-12H,3,8-10,15H2,1-2H3. The van der Waals surface area contributed by atoms with Gasteiger partial charge in [-0.25, -0.2) is 8.42 Å². The molecule has 1 heterocycles. The Hall–Kier alpha value is -0.950. The molecule has 1 aromatic carbocycles. The average Bonchev–Trinajstić information content (AvgIpc) is 2.64. The Kier molecular flexibility index (Phi) is 4.80. The van der Waals surface area contributed by atoms with Crippen molar-refractivity contribution in [1.82, 2.24) is 4.31 Å². The maximum absolute atomic E-state index is 12.6. The third kappa shape index (κ3) is 3.38. The van der Waals surface area contributed by atoms with Gasteiger partial charge in [0.25, 0.3) is 0 Å². The summed E-state index contributed by atoms with van der Waals surface area (Å²) in [5.41, 5.74) is 6.71. The fourth-order valence-corrected chi connectivity index (χ4v) is 3.82. The molecule has 1 aromatic rings. The topological polar surface area (TPSA) is 72.6 Å². The lowest BCUT2D eigenvalue weighted by Gasteiger charge is -2.21. The first-order chi connectivity index (χ1) is 9.41. The van der Waals surface area contributed by atoms with Crippen molar-refractivity contribution in [3.63, 3.8) is 0 Å². The Balaban J connectivity index is 2.24. The number of nitrogens with two attached hydrogens (primary N) is 1. The fourth-order valence-electron chi connectivity index (χ4n) is 2.27. The molecule has 1 aliphatic rings. The second kappa shape index (κ2) is 6.22. The Morgan fingerprint density at radius 3 is 2.60 bits per heavy atom. The normalized spacial score (nSPS) is 23.2. The van der Waals surface area contributed by atoms with Gasteiger partial charge in [-0.2, -0.15) is 4.31 Å². The first kappa shape index (κ1) is 15.4. The minimum atomic E-state index is -3.45. The van der Waals surface area contributed by atoms with Crippen LogP contribution >= 0.6 is 0 Å². The number of sulfonamides is 1. The number of hydrogen-bond donors (Lipinski definition) is 1. The highest BCUT2D eigenvalue weighted by Gasteiger charge is 2.27. The third-order valence-corrected chi connectivity index (χ3v) is 5.34. The largest absolute Gasteiger partial charge is 0.377 e. The maximum atomic E-state index is 12.6. The molecule has 6 heteroatoms. The summed E-state index contributed by atoms with van der Waals surface area (Å²) in [7, 11) is -3.45. The van der Waals surface area contributed by atoms with Gasteiger partial charge in [0, 0.05) is 25.7 Å². The molecular weight excluding hydrogens is 276 g/mol. The lowest BCUT2D eigenvalue weighted by atomic mass is 10.1. The molecule has 5 nitrogen and oxygen atoms in total. The Labute approximate surface area is 120 Å². The summed E-state index contributed by atoms with van der Waals surface area (Å²) in [5, 5.41) is 0. The molecule has 0 spiro atoms. The lowest BCUT2D eigenvalue weighted by molar-refractivity contribution is 0.0752. The van der Waals surface area contributed by atoms with Crippen molar-refractivity contribution in [2.24, 2.45) is 5.73 Å². The van der Waals surface area contributed by atoms with Gasteiger partial charge in [0.2, 0.25) is 10.0 Å². The van der Waals surface area contributed by atoms with Crippen LogP contribution in [0.25, 0.3) is 0 Å². The quantitative estimate of drug-likeness (QED) is 0.918. The number of nitrogens with zero attached hydrogens (tertiary/aromatic N) is 1.